The molecule has 0 fully saturated rings. The summed E-state index contributed by atoms with van der Waals surface area (Å²) in [4.78, 5) is 23.8. The zero-order chi connectivity index (χ0) is 20.8. The number of aryl methyl sites for hydroxylation is 1. The van der Waals surface area contributed by atoms with Gasteiger partial charge in [-0.3, -0.25) is 9.59 Å². The Morgan fingerprint density at radius 2 is 1.76 bits per heavy atom. The van der Waals surface area contributed by atoms with Gasteiger partial charge in [0.05, 0.1) is 12.1 Å². The molecule has 1 heterocycles. The van der Waals surface area contributed by atoms with E-state index in [9.17, 15) is 9.59 Å². The van der Waals surface area contributed by atoms with Crippen LogP contribution in [0.4, 0.5) is 5.69 Å². The van der Waals surface area contributed by atoms with Gasteiger partial charge in [-0.1, -0.05) is 24.3 Å². The highest BCUT2D eigenvalue weighted by Gasteiger charge is 2.16. The molecule has 2 N–H and O–H groups in total. The van der Waals surface area contributed by atoms with Crippen molar-refractivity contribution in [2.75, 3.05) is 18.5 Å². The maximum absolute atomic E-state index is 12.6. The zero-order valence-electron chi connectivity index (χ0n) is 16.9. The molecule has 0 aliphatic carbocycles. The van der Waals surface area contributed by atoms with Gasteiger partial charge in [0.15, 0.2) is 0 Å². The molecule has 3 rings (SSSR count). The van der Waals surface area contributed by atoms with Gasteiger partial charge >= 0.3 is 0 Å². The largest absolute Gasteiger partial charge is 0.492 e. The summed E-state index contributed by atoms with van der Waals surface area (Å²) in [7, 11) is 0. The second-order valence-corrected chi connectivity index (χ2v) is 6.77. The Morgan fingerprint density at radius 1 is 1.00 bits per heavy atom. The Labute approximate surface area is 170 Å². The quantitative estimate of drug-likeness (QED) is 0.601. The number of nitrogens with zero attached hydrogens (tertiary/aromatic N) is 1. The normalized spacial score (nSPS) is 10.4. The fourth-order valence-corrected chi connectivity index (χ4v) is 3.26. The lowest BCUT2D eigenvalue weighted by molar-refractivity contribution is -0.114. The third kappa shape index (κ3) is 5.04. The number of nitrogens with one attached hydrogen (secondary N) is 2. The average Bonchev–Trinajstić information content (AvgIpc) is 3.00. The minimum absolute atomic E-state index is 0.129. The van der Waals surface area contributed by atoms with E-state index in [1.807, 2.05) is 50.2 Å². The van der Waals surface area contributed by atoms with Gasteiger partial charge in [0.1, 0.15) is 12.4 Å². The van der Waals surface area contributed by atoms with Crippen LogP contribution in [-0.4, -0.2) is 29.5 Å². The smallest absolute Gasteiger partial charge is 0.253 e. The SMILES string of the molecule is CC(=O)Nc1cccc(OCCNC(=O)c2cc(C)n(-c3ccccc3)c2C)c1. The molecule has 29 heavy (non-hydrogen) atoms. The van der Waals surface area contributed by atoms with Crippen LogP contribution in [0.1, 0.15) is 28.7 Å². The van der Waals surface area contributed by atoms with Crippen molar-refractivity contribution in [2.45, 2.75) is 20.8 Å². The van der Waals surface area contributed by atoms with E-state index in [2.05, 4.69) is 15.2 Å². The molecule has 0 saturated heterocycles. The van der Waals surface area contributed by atoms with Crippen LogP contribution in [0.3, 0.4) is 0 Å². The van der Waals surface area contributed by atoms with E-state index in [4.69, 9.17) is 4.74 Å². The van der Waals surface area contributed by atoms with Gasteiger partial charge < -0.3 is 19.9 Å². The molecule has 0 saturated carbocycles. The molecule has 0 aliphatic rings. The van der Waals surface area contributed by atoms with Gasteiger partial charge in [0.2, 0.25) is 5.91 Å². The number of hydrogen-bond donors (Lipinski definition) is 2. The lowest BCUT2D eigenvalue weighted by atomic mass is 10.2. The number of aromatic nitrogens is 1. The molecule has 2 aromatic carbocycles. The lowest BCUT2D eigenvalue weighted by Gasteiger charge is -2.11. The minimum Gasteiger partial charge on any atom is -0.492 e. The van der Waals surface area contributed by atoms with E-state index in [1.54, 1.807) is 24.3 Å². The maximum Gasteiger partial charge on any atom is 0.253 e. The van der Waals surface area contributed by atoms with Gasteiger partial charge in [-0.15, -0.1) is 0 Å². The van der Waals surface area contributed by atoms with Crippen LogP contribution in [0.2, 0.25) is 0 Å². The summed E-state index contributed by atoms with van der Waals surface area (Å²) in [5.41, 5.74) is 4.26. The average molecular weight is 391 g/mol. The lowest BCUT2D eigenvalue weighted by Crippen LogP contribution is -2.28. The number of carbonyl (C=O) groups is 2. The van der Waals surface area contributed by atoms with E-state index >= 15 is 0 Å². The molecule has 6 heteroatoms. The van der Waals surface area contributed by atoms with E-state index in [-0.39, 0.29) is 11.8 Å². The second kappa shape index (κ2) is 9.10. The van der Waals surface area contributed by atoms with Crippen LogP contribution in [-0.2, 0) is 4.79 Å². The first-order valence-corrected chi connectivity index (χ1v) is 9.48. The summed E-state index contributed by atoms with van der Waals surface area (Å²) < 4.78 is 7.74. The van der Waals surface area contributed by atoms with Crippen molar-refractivity contribution in [3.05, 3.63) is 77.6 Å². The Morgan fingerprint density at radius 3 is 2.48 bits per heavy atom. The Kier molecular flexibility index (Phi) is 6.34. The van der Waals surface area contributed by atoms with Crippen LogP contribution in [0.25, 0.3) is 5.69 Å². The van der Waals surface area contributed by atoms with E-state index < -0.39 is 0 Å². The van der Waals surface area contributed by atoms with Gasteiger partial charge in [-0.05, 0) is 44.2 Å². The fourth-order valence-electron chi connectivity index (χ4n) is 3.26. The number of amides is 2. The summed E-state index contributed by atoms with van der Waals surface area (Å²) in [6.07, 6.45) is 0. The molecule has 1 aromatic heterocycles. The van der Waals surface area contributed by atoms with Crippen LogP contribution in [0, 0.1) is 13.8 Å². The minimum atomic E-state index is -0.137. The van der Waals surface area contributed by atoms with Crippen molar-refractivity contribution >= 4 is 17.5 Å². The van der Waals surface area contributed by atoms with Crippen LogP contribution in [0.5, 0.6) is 5.75 Å². The molecule has 0 aliphatic heterocycles. The number of anilines is 1. The van der Waals surface area contributed by atoms with Gasteiger partial charge in [-0.2, -0.15) is 0 Å². The molecule has 0 spiro atoms. The van der Waals surface area contributed by atoms with Crippen molar-refractivity contribution in [3.8, 4) is 11.4 Å². The van der Waals surface area contributed by atoms with E-state index in [0.29, 0.717) is 30.2 Å². The molecule has 0 bridgehead atoms. The highest BCUT2D eigenvalue weighted by Crippen LogP contribution is 2.21. The first-order valence-electron chi connectivity index (χ1n) is 9.48. The second-order valence-electron chi connectivity index (χ2n) is 6.77. The zero-order valence-corrected chi connectivity index (χ0v) is 16.9. The van der Waals surface area contributed by atoms with E-state index in [1.165, 1.54) is 6.92 Å². The third-order valence-corrected chi connectivity index (χ3v) is 4.50. The van der Waals surface area contributed by atoms with E-state index in [0.717, 1.165) is 17.1 Å². The molecule has 0 atom stereocenters. The monoisotopic (exact) mass is 391 g/mol. The summed E-state index contributed by atoms with van der Waals surface area (Å²) >= 11 is 0. The summed E-state index contributed by atoms with van der Waals surface area (Å²) in [6, 6.07) is 19.0. The molecule has 0 unspecified atom stereocenters. The number of hydrogen-bond acceptors (Lipinski definition) is 3. The molecule has 6 nitrogen and oxygen atoms in total. The fraction of sp³-hybridized carbons (Fsp3) is 0.217. The summed E-state index contributed by atoms with van der Waals surface area (Å²) in [5.74, 6) is 0.367. The molecular formula is C23H25N3O3. The topological polar surface area (TPSA) is 72.4 Å². The number of para-hydroxylation sites is 1. The number of ether oxygens (including phenoxy) is 1. The first-order chi connectivity index (χ1) is 14.0. The predicted octanol–water partition coefficient (Wildman–Crippen LogP) is 3.86. The van der Waals surface area contributed by atoms with Crippen LogP contribution in [0.15, 0.2) is 60.7 Å². The Bertz CT molecular complexity index is 1010. The number of carbonyl (C=O) groups excluding carboxylic acids is 2. The van der Waals surface area contributed by atoms with Gasteiger partial charge in [-0.25, -0.2) is 0 Å². The van der Waals surface area contributed by atoms with Gasteiger partial charge in [0, 0.05) is 35.8 Å². The highest BCUT2D eigenvalue weighted by molar-refractivity contribution is 5.96. The third-order valence-electron chi connectivity index (χ3n) is 4.50. The first kappa shape index (κ1) is 20.2. The van der Waals surface area contributed by atoms with Crippen LogP contribution >= 0.6 is 0 Å². The van der Waals surface area contributed by atoms with Crippen LogP contribution < -0.4 is 15.4 Å². The predicted molar refractivity (Wildman–Crippen MR) is 114 cm³/mol. The van der Waals surface area contributed by atoms with Crippen molar-refractivity contribution in [1.82, 2.24) is 9.88 Å². The standard InChI is InChI=1S/C23H25N3O3/c1-16-14-22(17(2)26(16)20-9-5-4-6-10-20)23(28)24-12-13-29-21-11-7-8-19(15-21)25-18(3)27/h4-11,14-15H,12-13H2,1-3H3,(H,24,28)(H,25,27). The number of benzene rings is 2. The van der Waals surface area contributed by atoms with Gasteiger partial charge in [0.25, 0.3) is 5.91 Å². The number of rotatable bonds is 7. The van der Waals surface area contributed by atoms with Crippen molar-refractivity contribution in [3.63, 3.8) is 0 Å². The van der Waals surface area contributed by atoms with Crippen molar-refractivity contribution in [1.29, 1.82) is 0 Å². The molecular weight excluding hydrogens is 366 g/mol. The molecule has 150 valence electrons. The Hall–Kier alpha value is -3.54. The summed E-state index contributed by atoms with van der Waals surface area (Å²) in [5, 5.41) is 5.61. The summed E-state index contributed by atoms with van der Waals surface area (Å²) in [6.45, 7) is 6.09. The van der Waals surface area contributed by atoms with Crippen molar-refractivity contribution in [2.24, 2.45) is 0 Å². The highest BCUT2D eigenvalue weighted by atomic mass is 16.5. The molecule has 0 radical (unpaired) electrons. The van der Waals surface area contributed by atoms with Crippen molar-refractivity contribution < 1.29 is 14.3 Å². The maximum atomic E-state index is 12.6. The Balaban J connectivity index is 1.57. The molecule has 3 aromatic rings. The molecule has 2 amide bonds.